The zero-order valence-corrected chi connectivity index (χ0v) is 21.0. The number of alkyl halides is 2. The second-order valence-electron chi connectivity index (χ2n) is 8.53. The van der Waals surface area contributed by atoms with E-state index >= 15 is 0 Å². The molecule has 1 fully saturated rings. The molecule has 2 aliphatic heterocycles. The standard InChI is InChI=1S/C27H22F2N2O4S2/c28-24(29)19-15-37-26-21(30-20(32)14-18-12-7-13-36-18)25(33)31(26)22(19)27(34)35-23(16-8-3-1-4-9-16)17-10-5-2-6-11-17/h1-13,15,21-24,26H,14H2,(H,30,32)/t21?,22?,26-/m1/s1. The Kier molecular flexibility index (Phi) is 7.38. The molecule has 1 aromatic heterocycles. The van der Waals surface area contributed by atoms with Gasteiger partial charge in [0.1, 0.15) is 11.4 Å². The first-order valence-electron chi connectivity index (χ1n) is 11.5. The van der Waals surface area contributed by atoms with Crippen molar-refractivity contribution in [2.75, 3.05) is 0 Å². The van der Waals surface area contributed by atoms with Gasteiger partial charge in [-0.25, -0.2) is 13.6 Å². The average Bonchev–Trinajstić information content (AvgIpc) is 3.43. The van der Waals surface area contributed by atoms with E-state index in [1.807, 2.05) is 29.6 Å². The van der Waals surface area contributed by atoms with Crippen molar-refractivity contribution in [2.24, 2.45) is 0 Å². The summed E-state index contributed by atoms with van der Waals surface area (Å²) in [5.74, 6) is -1.90. The van der Waals surface area contributed by atoms with Crippen molar-refractivity contribution in [3.05, 3.63) is 105 Å². The van der Waals surface area contributed by atoms with Gasteiger partial charge in [0.2, 0.25) is 11.8 Å². The van der Waals surface area contributed by atoms with Crippen LogP contribution >= 0.6 is 23.1 Å². The van der Waals surface area contributed by atoms with Gasteiger partial charge in [-0.1, -0.05) is 66.7 Å². The summed E-state index contributed by atoms with van der Waals surface area (Å²) in [5, 5.41) is 5.06. The largest absolute Gasteiger partial charge is 0.451 e. The third kappa shape index (κ3) is 5.17. The first-order chi connectivity index (χ1) is 17.9. The Hall–Kier alpha value is -3.50. The summed E-state index contributed by atoms with van der Waals surface area (Å²) in [5.41, 5.74) is 0.836. The lowest BCUT2D eigenvalue weighted by Gasteiger charge is -2.51. The number of benzene rings is 2. The van der Waals surface area contributed by atoms with Crippen molar-refractivity contribution in [1.82, 2.24) is 10.2 Å². The van der Waals surface area contributed by atoms with Crippen LogP contribution < -0.4 is 5.32 Å². The molecule has 3 aromatic rings. The fourth-order valence-electron chi connectivity index (χ4n) is 4.39. The number of thiophene rings is 1. The minimum absolute atomic E-state index is 0.109. The van der Waals surface area contributed by atoms with Gasteiger partial charge in [0, 0.05) is 10.5 Å². The van der Waals surface area contributed by atoms with E-state index in [-0.39, 0.29) is 12.3 Å². The van der Waals surface area contributed by atoms with Crippen LogP contribution in [-0.2, 0) is 25.5 Å². The first kappa shape index (κ1) is 25.2. The molecule has 2 unspecified atom stereocenters. The summed E-state index contributed by atoms with van der Waals surface area (Å²) in [4.78, 5) is 40.9. The van der Waals surface area contributed by atoms with Crippen molar-refractivity contribution in [2.45, 2.75) is 36.4 Å². The molecule has 37 heavy (non-hydrogen) atoms. The predicted octanol–water partition coefficient (Wildman–Crippen LogP) is 4.54. The van der Waals surface area contributed by atoms with Crippen LogP contribution in [0, 0.1) is 0 Å². The molecule has 3 atom stereocenters. The maximum absolute atomic E-state index is 14.0. The van der Waals surface area contributed by atoms with Crippen molar-refractivity contribution in [3.8, 4) is 0 Å². The third-order valence-corrected chi connectivity index (χ3v) is 8.23. The topological polar surface area (TPSA) is 75.7 Å². The summed E-state index contributed by atoms with van der Waals surface area (Å²) in [6.07, 6.45) is -3.70. The maximum atomic E-state index is 14.0. The molecular formula is C27H22F2N2O4S2. The summed E-state index contributed by atoms with van der Waals surface area (Å²) in [7, 11) is 0. The van der Waals surface area contributed by atoms with Crippen molar-refractivity contribution in [3.63, 3.8) is 0 Å². The van der Waals surface area contributed by atoms with Gasteiger partial charge in [0.05, 0.1) is 6.42 Å². The van der Waals surface area contributed by atoms with Gasteiger partial charge in [-0.3, -0.25) is 9.59 Å². The SMILES string of the molecule is O=C(Cc1cccs1)NC1C(=O)N2C(C(=O)OC(c3ccccc3)c3ccccc3)C(C(F)F)=CS[C@H]12. The van der Waals surface area contributed by atoms with Crippen molar-refractivity contribution < 1.29 is 27.9 Å². The molecule has 0 spiro atoms. The number of hydrogen-bond acceptors (Lipinski definition) is 6. The lowest BCUT2D eigenvalue weighted by Crippen LogP contribution is -2.74. The molecule has 6 nitrogen and oxygen atoms in total. The van der Waals surface area contributed by atoms with E-state index in [9.17, 15) is 23.2 Å². The molecule has 1 saturated heterocycles. The number of ether oxygens (including phenoxy) is 1. The van der Waals surface area contributed by atoms with Crippen LogP contribution in [0.1, 0.15) is 22.1 Å². The van der Waals surface area contributed by atoms with Crippen molar-refractivity contribution in [1.29, 1.82) is 0 Å². The average molecular weight is 541 g/mol. The molecule has 5 rings (SSSR count). The summed E-state index contributed by atoms with van der Waals surface area (Å²) in [6, 6.07) is 19.1. The Morgan fingerprint density at radius 2 is 1.62 bits per heavy atom. The minimum Gasteiger partial charge on any atom is -0.451 e. The van der Waals surface area contributed by atoms with Gasteiger partial charge in [-0.05, 0) is 28.0 Å². The van der Waals surface area contributed by atoms with E-state index in [1.165, 1.54) is 16.7 Å². The van der Waals surface area contributed by atoms with Gasteiger partial charge in [-0.2, -0.15) is 0 Å². The second kappa shape index (κ2) is 10.9. The number of carbonyl (C=O) groups is 3. The first-order valence-corrected chi connectivity index (χ1v) is 13.3. The molecular weight excluding hydrogens is 518 g/mol. The van der Waals surface area contributed by atoms with Gasteiger partial charge >= 0.3 is 5.97 Å². The highest BCUT2D eigenvalue weighted by molar-refractivity contribution is 8.03. The normalized spacial score (nSPS) is 20.8. The van der Waals surface area contributed by atoms with Crippen LogP contribution in [0.5, 0.6) is 0 Å². The molecule has 2 amide bonds. The van der Waals surface area contributed by atoms with E-state index in [1.54, 1.807) is 48.5 Å². The van der Waals surface area contributed by atoms with Crippen molar-refractivity contribution >= 4 is 40.9 Å². The van der Waals surface area contributed by atoms with E-state index in [4.69, 9.17) is 4.74 Å². The molecule has 0 aliphatic carbocycles. The third-order valence-electron chi connectivity index (χ3n) is 6.16. The number of thioether (sulfide) groups is 1. The number of hydrogen-bond donors (Lipinski definition) is 1. The molecule has 2 aliphatic rings. The summed E-state index contributed by atoms with van der Waals surface area (Å²) in [6.45, 7) is 0. The number of amides is 2. The van der Waals surface area contributed by atoms with E-state index in [2.05, 4.69) is 5.32 Å². The molecule has 2 aromatic carbocycles. The Labute approximate surface area is 220 Å². The zero-order chi connectivity index (χ0) is 25.9. The highest BCUT2D eigenvalue weighted by Gasteiger charge is 2.57. The molecule has 10 heteroatoms. The number of esters is 1. The van der Waals surface area contributed by atoms with Crippen LogP contribution in [0.15, 0.2) is 89.2 Å². The quantitative estimate of drug-likeness (QED) is 0.336. The number of nitrogens with one attached hydrogen (secondary N) is 1. The Morgan fingerprint density at radius 3 is 2.19 bits per heavy atom. The van der Waals surface area contributed by atoms with E-state index in [0.717, 1.165) is 21.5 Å². The van der Waals surface area contributed by atoms with Gasteiger partial charge in [0.25, 0.3) is 6.43 Å². The molecule has 0 radical (unpaired) electrons. The fourth-order valence-corrected chi connectivity index (χ4v) is 6.32. The number of carbonyl (C=O) groups excluding carboxylic acids is 3. The smallest absolute Gasteiger partial charge is 0.334 e. The molecule has 0 saturated carbocycles. The van der Waals surface area contributed by atoms with Gasteiger partial charge in [-0.15, -0.1) is 23.1 Å². The fraction of sp³-hybridized carbons (Fsp3) is 0.222. The van der Waals surface area contributed by atoms with Crippen LogP contribution in [-0.4, -0.2) is 46.6 Å². The monoisotopic (exact) mass is 540 g/mol. The van der Waals surface area contributed by atoms with Gasteiger partial charge < -0.3 is 15.0 Å². The van der Waals surface area contributed by atoms with Crippen LogP contribution in [0.2, 0.25) is 0 Å². The lowest BCUT2D eigenvalue weighted by atomic mass is 9.97. The molecule has 1 N–H and O–H groups in total. The number of fused-ring (bicyclic) bond motifs is 1. The summed E-state index contributed by atoms with van der Waals surface area (Å²) >= 11 is 2.41. The zero-order valence-electron chi connectivity index (χ0n) is 19.3. The van der Waals surface area contributed by atoms with Crippen LogP contribution in [0.25, 0.3) is 0 Å². The number of nitrogens with zero attached hydrogens (tertiary/aromatic N) is 1. The van der Waals surface area contributed by atoms with Crippen LogP contribution in [0.3, 0.4) is 0 Å². The summed E-state index contributed by atoms with van der Waals surface area (Å²) < 4.78 is 33.8. The number of halogens is 2. The molecule has 3 heterocycles. The lowest BCUT2D eigenvalue weighted by molar-refractivity contribution is -0.166. The number of β-lactam (4-membered cyclic amide) rings is 1. The maximum Gasteiger partial charge on any atom is 0.334 e. The van der Waals surface area contributed by atoms with E-state index < -0.39 is 47.4 Å². The highest BCUT2D eigenvalue weighted by Crippen LogP contribution is 2.42. The Morgan fingerprint density at radius 1 is 0.973 bits per heavy atom. The molecule has 190 valence electrons. The highest BCUT2D eigenvalue weighted by atomic mass is 32.2. The Balaban J connectivity index is 1.37. The van der Waals surface area contributed by atoms with Crippen LogP contribution in [0.4, 0.5) is 8.78 Å². The van der Waals surface area contributed by atoms with E-state index in [0.29, 0.717) is 11.1 Å². The van der Waals surface area contributed by atoms with Gasteiger partial charge in [0.15, 0.2) is 12.1 Å². The minimum atomic E-state index is -2.96. The Bertz CT molecular complexity index is 1260. The molecule has 0 bridgehead atoms. The number of rotatable bonds is 8. The predicted molar refractivity (Wildman–Crippen MR) is 137 cm³/mol. The second-order valence-corrected chi connectivity index (χ2v) is 10.6.